The monoisotopic (exact) mass is 217 g/mol. The van der Waals surface area contributed by atoms with Crippen LogP contribution in [0.2, 0.25) is 0 Å². The van der Waals surface area contributed by atoms with Gasteiger partial charge in [-0.15, -0.1) is 0 Å². The Morgan fingerprint density at radius 3 is 2.67 bits per heavy atom. The highest BCUT2D eigenvalue weighted by molar-refractivity contribution is 8.13. The highest BCUT2D eigenvalue weighted by Gasteiger charge is 2.02. The zero-order chi connectivity index (χ0) is 10.7. The number of anilines is 1. The average molecular weight is 217 g/mol. The van der Waals surface area contributed by atoms with Crippen LogP contribution >= 0.6 is 11.8 Å². The van der Waals surface area contributed by atoms with E-state index >= 15 is 0 Å². The largest absolute Gasteiger partial charge is 0.316 e. The van der Waals surface area contributed by atoms with Crippen LogP contribution in [-0.2, 0) is 0 Å². The molecule has 1 N–H and O–H groups in total. The number of nitrogens with one attached hydrogen (secondary N) is 1. The predicted octanol–water partition coefficient (Wildman–Crippen LogP) is 3.73. The van der Waals surface area contributed by atoms with E-state index in [1.807, 2.05) is 42.5 Å². The molecule has 2 aromatic carbocycles. The minimum absolute atomic E-state index is 0.0358. The molecule has 0 atom stereocenters. The second-order valence-electron chi connectivity index (χ2n) is 3.14. The molecular formula is C12H11NOS. The van der Waals surface area contributed by atoms with E-state index in [4.69, 9.17) is 0 Å². The molecule has 76 valence electrons. The molecule has 0 aromatic heterocycles. The van der Waals surface area contributed by atoms with Gasteiger partial charge in [0.25, 0.3) is 5.24 Å². The average Bonchev–Trinajstić information content (AvgIpc) is 2.29. The Bertz CT molecular complexity index is 490. The van der Waals surface area contributed by atoms with E-state index in [9.17, 15) is 4.79 Å². The van der Waals surface area contributed by atoms with Crippen molar-refractivity contribution in [1.29, 1.82) is 0 Å². The second-order valence-corrected chi connectivity index (χ2v) is 3.92. The van der Waals surface area contributed by atoms with Crippen molar-refractivity contribution in [2.75, 3.05) is 11.6 Å². The fourth-order valence-corrected chi connectivity index (χ4v) is 1.71. The SMILES string of the molecule is CSC(=O)Nc1cccc2ccccc12. The molecule has 0 fully saturated rings. The number of carbonyl (C=O) groups excluding carboxylic acids is 1. The summed E-state index contributed by atoms with van der Waals surface area (Å²) in [6, 6.07) is 13.9. The first-order valence-corrected chi connectivity index (χ1v) is 5.86. The van der Waals surface area contributed by atoms with Crippen LogP contribution < -0.4 is 5.32 Å². The van der Waals surface area contributed by atoms with Crippen molar-refractivity contribution < 1.29 is 4.79 Å². The van der Waals surface area contributed by atoms with Crippen LogP contribution in [-0.4, -0.2) is 11.5 Å². The highest BCUT2D eigenvalue weighted by atomic mass is 32.2. The van der Waals surface area contributed by atoms with Crippen LogP contribution in [0.3, 0.4) is 0 Å². The highest BCUT2D eigenvalue weighted by Crippen LogP contribution is 2.23. The van der Waals surface area contributed by atoms with Gasteiger partial charge in [-0.25, -0.2) is 0 Å². The molecule has 3 heteroatoms. The lowest BCUT2D eigenvalue weighted by Gasteiger charge is -2.06. The Kier molecular flexibility index (Phi) is 2.92. The topological polar surface area (TPSA) is 29.1 Å². The predicted molar refractivity (Wildman–Crippen MR) is 66.5 cm³/mol. The molecule has 15 heavy (non-hydrogen) atoms. The number of rotatable bonds is 1. The van der Waals surface area contributed by atoms with E-state index in [2.05, 4.69) is 5.32 Å². The van der Waals surface area contributed by atoms with Crippen molar-refractivity contribution >= 4 is 33.5 Å². The molecule has 0 saturated heterocycles. The van der Waals surface area contributed by atoms with Crippen molar-refractivity contribution in [1.82, 2.24) is 0 Å². The van der Waals surface area contributed by atoms with E-state index in [0.29, 0.717) is 0 Å². The summed E-state index contributed by atoms with van der Waals surface area (Å²) in [5.74, 6) is 0. The van der Waals surface area contributed by atoms with Crippen molar-refractivity contribution in [2.45, 2.75) is 0 Å². The number of amides is 1. The van der Waals surface area contributed by atoms with Crippen LogP contribution in [0.5, 0.6) is 0 Å². The van der Waals surface area contributed by atoms with Crippen LogP contribution in [0, 0.1) is 0 Å². The van der Waals surface area contributed by atoms with E-state index in [0.717, 1.165) is 16.5 Å². The van der Waals surface area contributed by atoms with Gasteiger partial charge in [0.2, 0.25) is 0 Å². The molecule has 0 spiro atoms. The number of carbonyl (C=O) groups is 1. The standard InChI is InChI=1S/C12H11NOS/c1-15-12(14)13-11-8-4-6-9-5-2-3-7-10(9)11/h2-8H,1H3,(H,13,14). The first-order chi connectivity index (χ1) is 7.31. The van der Waals surface area contributed by atoms with E-state index in [1.165, 1.54) is 11.8 Å². The second kappa shape index (κ2) is 4.36. The lowest BCUT2D eigenvalue weighted by atomic mass is 10.1. The fraction of sp³-hybridized carbons (Fsp3) is 0.0833. The lowest BCUT2D eigenvalue weighted by molar-refractivity contribution is 0.270. The van der Waals surface area contributed by atoms with Gasteiger partial charge in [-0.3, -0.25) is 4.79 Å². The van der Waals surface area contributed by atoms with Gasteiger partial charge in [-0.2, -0.15) is 0 Å². The number of benzene rings is 2. The maximum atomic E-state index is 11.3. The van der Waals surface area contributed by atoms with E-state index in [-0.39, 0.29) is 5.24 Å². The van der Waals surface area contributed by atoms with E-state index < -0.39 is 0 Å². The van der Waals surface area contributed by atoms with Gasteiger partial charge >= 0.3 is 0 Å². The van der Waals surface area contributed by atoms with Gasteiger partial charge in [0, 0.05) is 11.1 Å². The fourth-order valence-electron chi connectivity index (χ4n) is 1.50. The third kappa shape index (κ3) is 2.13. The van der Waals surface area contributed by atoms with Gasteiger partial charge in [0.15, 0.2) is 0 Å². The molecule has 2 aromatic rings. The van der Waals surface area contributed by atoms with Crippen LogP contribution in [0.25, 0.3) is 10.8 Å². The minimum atomic E-state index is -0.0358. The summed E-state index contributed by atoms with van der Waals surface area (Å²) >= 11 is 1.18. The third-order valence-electron chi connectivity index (χ3n) is 2.21. The molecule has 0 bridgehead atoms. The summed E-state index contributed by atoms with van der Waals surface area (Å²) in [7, 11) is 0. The zero-order valence-corrected chi connectivity index (χ0v) is 9.17. The summed E-state index contributed by atoms with van der Waals surface area (Å²) in [5.41, 5.74) is 0.868. The van der Waals surface area contributed by atoms with Gasteiger partial charge in [0.05, 0.1) is 0 Å². The zero-order valence-electron chi connectivity index (χ0n) is 8.36. The summed E-state index contributed by atoms with van der Waals surface area (Å²) < 4.78 is 0. The van der Waals surface area contributed by atoms with Crippen molar-refractivity contribution in [3.05, 3.63) is 42.5 Å². The summed E-state index contributed by atoms with van der Waals surface area (Å²) in [5, 5.41) is 5.03. The van der Waals surface area contributed by atoms with Gasteiger partial charge < -0.3 is 5.32 Å². The smallest absolute Gasteiger partial charge is 0.283 e. The maximum Gasteiger partial charge on any atom is 0.283 e. The molecule has 0 unspecified atom stereocenters. The van der Waals surface area contributed by atoms with Crippen LogP contribution in [0.15, 0.2) is 42.5 Å². The van der Waals surface area contributed by atoms with E-state index in [1.54, 1.807) is 6.26 Å². The number of thioether (sulfide) groups is 1. The maximum absolute atomic E-state index is 11.3. The number of fused-ring (bicyclic) bond motifs is 1. The quantitative estimate of drug-likeness (QED) is 0.788. The molecular weight excluding hydrogens is 206 g/mol. The van der Waals surface area contributed by atoms with Crippen molar-refractivity contribution in [3.8, 4) is 0 Å². The molecule has 2 rings (SSSR count). The van der Waals surface area contributed by atoms with Gasteiger partial charge in [-0.05, 0) is 17.7 Å². The molecule has 2 nitrogen and oxygen atoms in total. The van der Waals surface area contributed by atoms with Crippen LogP contribution in [0.4, 0.5) is 10.5 Å². The molecule has 0 heterocycles. The summed E-state index contributed by atoms with van der Waals surface area (Å²) in [6.07, 6.45) is 1.76. The molecule has 0 aliphatic rings. The van der Waals surface area contributed by atoms with Gasteiger partial charge in [-0.1, -0.05) is 48.2 Å². The summed E-state index contributed by atoms with van der Waals surface area (Å²) in [4.78, 5) is 11.3. The number of hydrogen-bond donors (Lipinski definition) is 1. The Balaban J connectivity index is 2.46. The molecule has 0 aliphatic heterocycles. The number of hydrogen-bond acceptors (Lipinski definition) is 2. The van der Waals surface area contributed by atoms with Crippen LogP contribution in [0.1, 0.15) is 0 Å². The normalized spacial score (nSPS) is 10.2. The Labute approximate surface area is 92.7 Å². The first kappa shape index (κ1) is 10.1. The third-order valence-corrected chi connectivity index (χ3v) is 2.68. The van der Waals surface area contributed by atoms with Crippen molar-refractivity contribution in [2.24, 2.45) is 0 Å². The summed E-state index contributed by atoms with van der Waals surface area (Å²) in [6.45, 7) is 0. The molecule has 1 amide bonds. The van der Waals surface area contributed by atoms with Gasteiger partial charge in [0.1, 0.15) is 0 Å². The Morgan fingerprint density at radius 1 is 1.13 bits per heavy atom. The molecule has 0 saturated carbocycles. The van der Waals surface area contributed by atoms with Crippen molar-refractivity contribution in [3.63, 3.8) is 0 Å². The molecule has 0 radical (unpaired) electrons. The first-order valence-electron chi connectivity index (χ1n) is 4.64. The Hall–Kier alpha value is -1.48. The molecule has 0 aliphatic carbocycles. The minimum Gasteiger partial charge on any atom is -0.316 e. The Morgan fingerprint density at radius 2 is 1.87 bits per heavy atom. The lowest BCUT2D eigenvalue weighted by Crippen LogP contribution is -2.03.